The summed E-state index contributed by atoms with van der Waals surface area (Å²) < 4.78 is 10.6. The first-order valence-electron chi connectivity index (χ1n) is 5.38. The Bertz CT molecular complexity index is 416. The van der Waals surface area contributed by atoms with E-state index in [4.69, 9.17) is 32.7 Å². The van der Waals surface area contributed by atoms with E-state index in [9.17, 15) is 4.91 Å². The number of halogens is 2. The highest BCUT2D eigenvalue weighted by Crippen LogP contribution is 2.28. The molecule has 18 heavy (non-hydrogen) atoms. The molecule has 0 aliphatic heterocycles. The molecule has 0 amide bonds. The fourth-order valence-electron chi connectivity index (χ4n) is 1.31. The second kappa shape index (κ2) is 7.51. The van der Waals surface area contributed by atoms with Crippen LogP contribution in [0.2, 0.25) is 10.2 Å². The van der Waals surface area contributed by atoms with Gasteiger partial charge >= 0.3 is 0 Å². The van der Waals surface area contributed by atoms with Gasteiger partial charge in [0.2, 0.25) is 5.88 Å². The van der Waals surface area contributed by atoms with E-state index < -0.39 is 0 Å². The fraction of sp³-hybridized carbons (Fsp3) is 0.545. The Morgan fingerprint density at radius 1 is 1.50 bits per heavy atom. The van der Waals surface area contributed by atoms with Crippen LogP contribution in [-0.2, 0) is 11.3 Å². The summed E-state index contributed by atoms with van der Waals surface area (Å²) in [5.74, 6) is 0.285. The first-order valence-corrected chi connectivity index (χ1v) is 6.13. The van der Waals surface area contributed by atoms with Crippen LogP contribution in [0.1, 0.15) is 18.9 Å². The number of hydrogen-bond acceptors (Lipinski definition) is 5. The Hall–Kier alpha value is -0.910. The van der Waals surface area contributed by atoms with Crippen LogP contribution in [0.25, 0.3) is 0 Å². The van der Waals surface area contributed by atoms with Gasteiger partial charge in [0.05, 0.1) is 11.1 Å². The largest absolute Gasteiger partial charge is 0.474 e. The molecule has 0 spiro atoms. The summed E-state index contributed by atoms with van der Waals surface area (Å²) in [6.45, 7) is 2.39. The van der Waals surface area contributed by atoms with E-state index in [-0.39, 0.29) is 28.7 Å². The van der Waals surface area contributed by atoms with Gasteiger partial charge in [-0.25, -0.2) is 0 Å². The van der Waals surface area contributed by atoms with E-state index in [1.807, 2.05) is 6.92 Å². The molecule has 0 N–H and O–H groups in total. The Morgan fingerprint density at radius 3 is 2.83 bits per heavy atom. The SMILES string of the molecule is COCCC(C)Oc1nc(Cl)c(Cl)cc1CN=O. The number of rotatable bonds is 7. The predicted octanol–water partition coefficient (Wildman–Crippen LogP) is 3.46. The van der Waals surface area contributed by atoms with Crippen LogP contribution in [0.4, 0.5) is 0 Å². The minimum Gasteiger partial charge on any atom is -0.474 e. The molecule has 0 bridgehead atoms. The molecule has 0 radical (unpaired) electrons. The second-order valence-electron chi connectivity index (χ2n) is 3.72. The van der Waals surface area contributed by atoms with Crippen molar-refractivity contribution in [1.82, 2.24) is 4.98 Å². The van der Waals surface area contributed by atoms with Gasteiger partial charge in [-0.3, -0.25) is 0 Å². The van der Waals surface area contributed by atoms with Crippen LogP contribution in [0.5, 0.6) is 5.88 Å². The monoisotopic (exact) mass is 292 g/mol. The predicted molar refractivity (Wildman–Crippen MR) is 70.3 cm³/mol. The zero-order valence-corrected chi connectivity index (χ0v) is 11.7. The highest BCUT2D eigenvalue weighted by Gasteiger charge is 2.13. The highest BCUT2D eigenvalue weighted by molar-refractivity contribution is 6.41. The molecule has 1 aromatic rings. The summed E-state index contributed by atoms with van der Waals surface area (Å²) in [5.41, 5.74) is 0.517. The minimum absolute atomic E-state index is 0.0593. The van der Waals surface area contributed by atoms with Crippen molar-refractivity contribution in [3.63, 3.8) is 0 Å². The van der Waals surface area contributed by atoms with E-state index in [0.717, 1.165) is 0 Å². The molecular weight excluding hydrogens is 279 g/mol. The first kappa shape index (κ1) is 15.1. The number of nitroso groups, excluding NO2 is 1. The third-order valence-corrected chi connectivity index (χ3v) is 2.92. The standard InChI is InChI=1S/C11H14Cl2N2O3/c1-7(3-4-17-2)18-11-8(6-14-16)5-9(12)10(13)15-11/h5,7H,3-4,6H2,1-2H3. The molecule has 100 valence electrons. The Kier molecular flexibility index (Phi) is 6.32. The fourth-order valence-corrected chi connectivity index (χ4v) is 1.61. The molecule has 0 saturated heterocycles. The van der Waals surface area contributed by atoms with Crippen molar-refractivity contribution in [3.05, 3.63) is 26.7 Å². The first-order chi connectivity index (χ1) is 8.58. The molecule has 0 aliphatic rings. The van der Waals surface area contributed by atoms with Crippen molar-refractivity contribution in [2.75, 3.05) is 13.7 Å². The quantitative estimate of drug-likeness (QED) is 0.570. The average Bonchev–Trinajstić information content (AvgIpc) is 2.33. The average molecular weight is 293 g/mol. The Balaban J connectivity index is 2.85. The van der Waals surface area contributed by atoms with Crippen LogP contribution in [0.3, 0.4) is 0 Å². The molecule has 1 rings (SSSR count). The van der Waals surface area contributed by atoms with E-state index in [1.54, 1.807) is 7.11 Å². The maximum atomic E-state index is 10.4. The van der Waals surface area contributed by atoms with E-state index >= 15 is 0 Å². The topological polar surface area (TPSA) is 60.8 Å². The molecule has 0 aromatic carbocycles. The van der Waals surface area contributed by atoms with Crippen LogP contribution in [0, 0.1) is 4.91 Å². The molecule has 1 aromatic heterocycles. The molecular formula is C11H14Cl2N2O3. The minimum atomic E-state index is -0.111. The molecule has 1 heterocycles. The van der Waals surface area contributed by atoms with Crippen LogP contribution in [-0.4, -0.2) is 24.8 Å². The summed E-state index contributed by atoms with van der Waals surface area (Å²) in [4.78, 5) is 14.4. The van der Waals surface area contributed by atoms with E-state index in [2.05, 4.69) is 10.2 Å². The molecule has 0 saturated carbocycles. The molecule has 0 aliphatic carbocycles. The lowest BCUT2D eigenvalue weighted by Gasteiger charge is -2.15. The summed E-state index contributed by atoms with van der Waals surface area (Å²) in [6.07, 6.45) is 0.590. The molecule has 0 fully saturated rings. The lowest BCUT2D eigenvalue weighted by molar-refractivity contribution is 0.131. The molecule has 1 unspecified atom stereocenters. The van der Waals surface area contributed by atoms with Crippen molar-refractivity contribution < 1.29 is 9.47 Å². The van der Waals surface area contributed by atoms with Gasteiger partial charge in [-0.15, -0.1) is 0 Å². The molecule has 5 nitrogen and oxygen atoms in total. The van der Waals surface area contributed by atoms with Crippen molar-refractivity contribution in [3.8, 4) is 5.88 Å². The normalized spacial score (nSPS) is 12.2. The van der Waals surface area contributed by atoms with Gasteiger partial charge in [0.1, 0.15) is 6.54 Å². The smallest absolute Gasteiger partial charge is 0.220 e. The maximum absolute atomic E-state index is 10.4. The van der Waals surface area contributed by atoms with E-state index in [1.165, 1.54) is 6.07 Å². The number of ether oxygens (including phenoxy) is 2. The van der Waals surface area contributed by atoms with Crippen LogP contribution >= 0.6 is 23.2 Å². The van der Waals surface area contributed by atoms with Crippen LogP contribution in [0.15, 0.2) is 11.2 Å². The summed E-state index contributed by atoms with van der Waals surface area (Å²) in [5, 5.41) is 3.22. The van der Waals surface area contributed by atoms with Gasteiger partial charge in [-0.2, -0.15) is 9.89 Å². The number of pyridine rings is 1. The summed E-state index contributed by atoms with van der Waals surface area (Å²) in [7, 11) is 1.62. The maximum Gasteiger partial charge on any atom is 0.220 e. The van der Waals surface area contributed by atoms with Crippen molar-refractivity contribution in [2.45, 2.75) is 26.0 Å². The highest BCUT2D eigenvalue weighted by atomic mass is 35.5. The molecule has 7 heteroatoms. The number of nitrogens with zero attached hydrogens (tertiary/aromatic N) is 2. The third-order valence-electron chi connectivity index (χ3n) is 2.25. The van der Waals surface area contributed by atoms with Gasteiger partial charge in [0.25, 0.3) is 0 Å². The summed E-state index contributed by atoms with van der Waals surface area (Å²) in [6, 6.07) is 1.54. The molecule has 1 atom stereocenters. The van der Waals surface area contributed by atoms with Gasteiger partial charge in [0, 0.05) is 25.7 Å². The number of hydrogen-bond donors (Lipinski definition) is 0. The zero-order valence-electron chi connectivity index (χ0n) is 10.2. The van der Waals surface area contributed by atoms with Gasteiger partial charge < -0.3 is 9.47 Å². The Morgan fingerprint density at radius 2 is 2.22 bits per heavy atom. The van der Waals surface area contributed by atoms with Gasteiger partial charge in [-0.05, 0) is 13.0 Å². The lowest BCUT2D eigenvalue weighted by atomic mass is 10.2. The van der Waals surface area contributed by atoms with Crippen molar-refractivity contribution in [2.24, 2.45) is 5.18 Å². The number of aromatic nitrogens is 1. The van der Waals surface area contributed by atoms with Gasteiger partial charge in [0.15, 0.2) is 5.15 Å². The third kappa shape index (κ3) is 4.40. The lowest BCUT2D eigenvalue weighted by Crippen LogP contribution is -2.16. The van der Waals surface area contributed by atoms with Crippen molar-refractivity contribution >= 4 is 23.2 Å². The van der Waals surface area contributed by atoms with Gasteiger partial charge in [-0.1, -0.05) is 28.4 Å². The zero-order chi connectivity index (χ0) is 13.5. The van der Waals surface area contributed by atoms with Crippen molar-refractivity contribution in [1.29, 1.82) is 0 Å². The number of methoxy groups -OCH3 is 1. The summed E-state index contributed by atoms with van der Waals surface area (Å²) >= 11 is 11.6. The second-order valence-corrected chi connectivity index (χ2v) is 4.49. The Labute approximate surface area is 115 Å². The van der Waals surface area contributed by atoms with Crippen LogP contribution < -0.4 is 4.74 Å². The van der Waals surface area contributed by atoms with E-state index in [0.29, 0.717) is 18.6 Å².